The molecule has 0 fully saturated rings. The first kappa shape index (κ1) is 12.3. The number of carbonyl (C=O) groups excluding carboxylic acids is 1. The highest BCUT2D eigenvalue weighted by Crippen LogP contribution is 2.32. The van der Waals surface area contributed by atoms with E-state index in [4.69, 9.17) is 10.5 Å². The van der Waals surface area contributed by atoms with Crippen LogP contribution in [0, 0.1) is 0 Å². The first-order valence-corrected chi connectivity index (χ1v) is 5.49. The van der Waals surface area contributed by atoms with Gasteiger partial charge in [-0.05, 0) is 12.1 Å². The summed E-state index contributed by atoms with van der Waals surface area (Å²) >= 11 is 3.99. The second-order valence-electron chi connectivity index (χ2n) is 3.47. The number of primary amides is 1. The number of anilines is 1. The highest BCUT2D eigenvalue weighted by Gasteiger charge is 2.13. The average Bonchev–Trinajstić information content (AvgIpc) is 2.90. The maximum atomic E-state index is 11.0. The van der Waals surface area contributed by atoms with Crippen LogP contribution in [-0.2, 0) is 0 Å². The van der Waals surface area contributed by atoms with Crippen molar-refractivity contribution in [2.75, 3.05) is 11.4 Å². The van der Waals surface area contributed by atoms with Crippen molar-refractivity contribution >= 4 is 24.5 Å². The quantitative estimate of drug-likeness (QED) is 0.739. The zero-order valence-corrected chi connectivity index (χ0v) is 10.5. The number of nitrogens with zero attached hydrogens (tertiary/aromatic N) is 2. The van der Waals surface area contributed by atoms with E-state index in [2.05, 4.69) is 22.8 Å². The van der Waals surface area contributed by atoms with Gasteiger partial charge in [-0.25, -0.2) is 14.1 Å². The van der Waals surface area contributed by atoms with Crippen molar-refractivity contribution in [1.29, 1.82) is 0 Å². The van der Waals surface area contributed by atoms with Gasteiger partial charge in [-0.3, -0.25) is 0 Å². The zero-order valence-electron chi connectivity index (χ0n) is 9.62. The Morgan fingerprint density at radius 3 is 2.89 bits per heavy atom. The first-order valence-electron chi connectivity index (χ1n) is 5.09. The molecular weight excluding hydrogens is 252 g/mol. The third-order valence-electron chi connectivity index (χ3n) is 2.39. The molecule has 0 aliphatic rings. The number of aromatic amines is 1. The van der Waals surface area contributed by atoms with Crippen molar-refractivity contribution in [1.82, 2.24) is 9.97 Å². The Bertz CT molecular complexity index is 556. The van der Waals surface area contributed by atoms with Gasteiger partial charge in [0.25, 0.3) is 0 Å². The lowest BCUT2D eigenvalue weighted by molar-refractivity contribution is 0.257. The molecule has 2 rings (SSSR count). The van der Waals surface area contributed by atoms with E-state index < -0.39 is 6.03 Å². The molecule has 0 bridgehead atoms. The number of thiol groups is 1. The first-order chi connectivity index (χ1) is 8.63. The van der Waals surface area contributed by atoms with Gasteiger partial charge < -0.3 is 15.5 Å². The Kier molecular flexibility index (Phi) is 3.42. The molecule has 1 aromatic heterocycles. The lowest BCUT2D eigenvalue weighted by Gasteiger charge is -2.15. The van der Waals surface area contributed by atoms with Gasteiger partial charge in [0.05, 0.1) is 18.4 Å². The zero-order chi connectivity index (χ0) is 13.1. The van der Waals surface area contributed by atoms with Crippen LogP contribution in [0.3, 0.4) is 0 Å². The standard InChI is InChI=1S/C11H12N4O2S/c1-17-9-6-7(15(18)11(12)16)2-3-8(9)10-13-4-5-14-10/h2-6,18H,1H3,(H2,12,16)(H,13,14). The summed E-state index contributed by atoms with van der Waals surface area (Å²) in [5.74, 6) is 1.26. The number of hydrogen-bond donors (Lipinski definition) is 3. The van der Waals surface area contributed by atoms with Crippen LogP contribution in [0.2, 0.25) is 0 Å². The van der Waals surface area contributed by atoms with Gasteiger partial charge in [-0.15, -0.1) is 0 Å². The normalized spacial score (nSPS) is 10.1. The van der Waals surface area contributed by atoms with E-state index in [1.807, 2.05) is 0 Å². The Labute approximate surface area is 109 Å². The summed E-state index contributed by atoms with van der Waals surface area (Å²) < 4.78 is 6.30. The predicted molar refractivity (Wildman–Crippen MR) is 71.6 cm³/mol. The van der Waals surface area contributed by atoms with Gasteiger partial charge >= 0.3 is 6.03 Å². The second kappa shape index (κ2) is 5.01. The minimum atomic E-state index is -0.661. The molecule has 2 aromatic rings. The lowest BCUT2D eigenvalue weighted by atomic mass is 10.1. The monoisotopic (exact) mass is 264 g/mol. The van der Waals surface area contributed by atoms with Crippen LogP contribution in [0.15, 0.2) is 30.6 Å². The number of rotatable bonds is 3. The minimum Gasteiger partial charge on any atom is -0.496 e. The molecule has 0 aliphatic carbocycles. The van der Waals surface area contributed by atoms with E-state index in [0.717, 1.165) is 9.87 Å². The fourth-order valence-corrected chi connectivity index (χ4v) is 1.67. The third-order valence-corrected chi connectivity index (χ3v) is 2.82. The number of hydrogen-bond acceptors (Lipinski definition) is 4. The third kappa shape index (κ3) is 2.25. The highest BCUT2D eigenvalue weighted by molar-refractivity contribution is 7.82. The molecule has 0 saturated carbocycles. The van der Waals surface area contributed by atoms with E-state index in [1.165, 1.54) is 0 Å². The van der Waals surface area contributed by atoms with Crippen molar-refractivity contribution in [3.05, 3.63) is 30.6 Å². The largest absolute Gasteiger partial charge is 0.496 e. The van der Waals surface area contributed by atoms with E-state index in [-0.39, 0.29) is 0 Å². The number of aromatic nitrogens is 2. The van der Waals surface area contributed by atoms with Gasteiger partial charge in [-0.2, -0.15) is 0 Å². The van der Waals surface area contributed by atoms with Crippen LogP contribution in [-0.4, -0.2) is 23.1 Å². The molecule has 6 nitrogen and oxygen atoms in total. The van der Waals surface area contributed by atoms with Gasteiger partial charge in [0.1, 0.15) is 11.6 Å². The van der Waals surface area contributed by atoms with Gasteiger partial charge in [0.15, 0.2) is 0 Å². The van der Waals surface area contributed by atoms with Crippen molar-refractivity contribution in [3.63, 3.8) is 0 Å². The number of imidazole rings is 1. The van der Waals surface area contributed by atoms with Crippen molar-refractivity contribution < 1.29 is 9.53 Å². The number of ether oxygens (including phenoxy) is 1. The van der Waals surface area contributed by atoms with Gasteiger partial charge in [0.2, 0.25) is 0 Å². The van der Waals surface area contributed by atoms with Crippen LogP contribution in [0.4, 0.5) is 10.5 Å². The van der Waals surface area contributed by atoms with E-state index >= 15 is 0 Å². The number of H-pyrrole nitrogens is 1. The fraction of sp³-hybridized carbons (Fsp3) is 0.0909. The van der Waals surface area contributed by atoms with Crippen LogP contribution in [0.25, 0.3) is 11.4 Å². The molecule has 1 aromatic carbocycles. The van der Waals surface area contributed by atoms with E-state index in [9.17, 15) is 4.79 Å². The summed E-state index contributed by atoms with van der Waals surface area (Å²) in [5.41, 5.74) is 6.46. The number of urea groups is 1. The molecule has 1 heterocycles. The van der Waals surface area contributed by atoms with Crippen LogP contribution < -0.4 is 14.8 Å². The molecular formula is C11H12N4O2S. The molecule has 3 N–H and O–H groups in total. The molecule has 0 spiro atoms. The number of methoxy groups -OCH3 is 1. The second-order valence-corrected chi connectivity index (χ2v) is 3.87. The van der Waals surface area contributed by atoms with Gasteiger partial charge in [-0.1, -0.05) is 12.8 Å². The minimum absolute atomic E-state index is 0.526. The number of carbonyl (C=O) groups is 1. The van der Waals surface area contributed by atoms with Crippen LogP contribution >= 0.6 is 12.8 Å². The van der Waals surface area contributed by atoms with E-state index in [1.54, 1.807) is 37.7 Å². The molecule has 7 heteroatoms. The Morgan fingerprint density at radius 1 is 1.56 bits per heavy atom. The van der Waals surface area contributed by atoms with Gasteiger partial charge in [0, 0.05) is 18.5 Å². The summed E-state index contributed by atoms with van der Waals surface area (Å²) in [5, 5.41) is 0. The molecule has 0 saturated heterocycles. The maximum absolute atomic E-state index is 11.0. The SMILES string of the molecule is COc1cc(N(S)C(N)=O)ccc1-c1ncc[nH]1. The summed E-state index contributed by atoms with van der Waals surface area (Å²) in [4.78, 5) is 18.2. The Hall–Kier alpha value is -2.15. The van der Waals surface area contributed by atoms with Crippen LogP contribution in [0.1, 0.15) is 0 Å². The molecule has 94 valence electrons. The molecule has 18 heavy (non-hydrogen) atoms. The predicted octanol–water partition coefficient (Wildman–Crippen LogP) is 1.82. The lowest BCUT2D eigenvalue weighted by Crippen LogP contribution is -2.27. The van der Waals surface area contributed by atoms with Crippen LogP contribution in [0.5, 0.6) is 5.75 Å². The molecule has 2 amide bonds. The highest BCUT2D eigenvalue weighted by atomic mass is 32.1. The Balaban J connectivity index is 2.44. The van der Waals surface area contributed by atoms with E-state index in [0.29, 0.717) is 17.3 Å². The smallest absolute Gasteiger partial charge is 0.329 e. The van der Waals surface area contributed by atoms with Crippen molar-refractivity contribution in [2.45, 2.75) is 0 Å². The average molecular weight is 264 g/mol. The summed E-state index contributed by atoms with van der Waals surface area (Å²) in [6.45, 7) is 0. The number of nitrogens with two attached hydrogens (primary N) is 1. The summed E-state index contributed by atoms with van der Waals surface area (Å²) in [6, 6.07) is 4.48. The number of nitrogens with one attached hydrogen (secondary N) is 1. The molecule has 0 unspecified atom stereocenters. The Morgan fingerprint density at radius 2 is 2.33 bits per heavy atom. The molecule has 0 atom stereocenters. The number of benzene rings is 1. The van der Waals surface area contributed by atoms with Crippen molar-refractivity contribution in [2.24, 2.45) is 5.73 Å². The number of amides is 2. The molecule has 0 aliphatic heterocycles. The summed E-state index contributed by atoms with van der Waals surface area (Å²) in [6.07, 6.45) is 3.37. The maximum Gasteiger partial charge on any atom is 0.329 e. The fourth-order valence-electron chi connectivity index (χ4n) is 1.55. The van der Waals surface area contributed by atoms with Crippen molar-refractivity contribution in [3.8, 4) is 17.1 Å². The topological polar surface area (TPSA) is 84.2 Å². The summed E-state index contributed by atoms with van der Waals surface area (Å²) in [7, 11) is 1.54. The molecule has 0 radical (unpaired) electrons.